The molecule has 1 N–H and O–H groups in total. The standard InChI is InChI=1S/C10H19NO/c1-4-10(2,3)7-11-9(12)8-5-6-8/h8H,4-7H2,1-3H3,(H,11,12). The van der Waals surface area contributed by atoms with Crippen LogP contribution < -0.4 is 5.32 Å². The Morgan fingerprint density at radius 3 is 2.50 bits per heavy atom. The van der Waals surface area contributed by atoms with Crippen molar-refractivity contribution in [2.24, 2.45) is 11.3 Å². The lowest BCUT2D eigenvalue weighted by Crippen LogP contribution is -2.34. The van der Waals surface area contributed by atoms with E-state index in [0.717, 1.165) is 25.8 Å². The van der Waals surface area contributed by atoms with Crippen LogP contribution in [0.25, 0.3) is 0 Å². The van der Waals surface area contributed by atoms with E-state index in [4.69, 9.17) is 0 Å². The van der Waals surface area contributed by atoms with E-state index in [2.05, 4.69) is 26.1 Å². The lowest BCUT2D eigenvalue weighted by Gasteiger charge is -2.22. The van der Waals surface area contributed by atoms with Gasteiger partial charge in [0, 0.05) is 12.5 Å². The largest absolute Gasteiger partial charge is 0.355 e. The molecule has 1 aliphatic rings. The maximum absolute atomic E-state index is 11.3. The molecule has 0 heterocycles. The Hall–Kier alpha value is -0.530. The molecule has 0 atom stereocenters. The third-order valence-electron chi connectivity index (χ3n) is 2.65. The van der Waals surface area contributed by atoms with Crippen molar-refractivity contribution in [1.82, 2.24) is 5.32 Å². The minimum Gasteiger partial charge on any atom is -0.355 e. The monoisotopic (exact) mass is 169 g/mol. The van der Waals surface area contributed by atoms with Crippen molar-refractivity contribution in [3.63, 3.8) is 0 Å². The molecule has 2 nitrogen and oxygen atoms in total. The number of carbonyl (C=O) groups is 1. The molecular weight excluding hydrogens is 150 g/mol. The zero-order valence-corrected chi connectivity index (χ0v) is 8.31. The van der Waals surface area contributed by atoms with Gasteiger partial charge in [0.2, 0.25) is 5.91 Å². The second-order valence-corrected chi connectivity index (χ2v) is 4.51. The molecule has 0 radical (unpaired) electrons. The van der Waals surface area contributed by atoms with Crippen molar-refractivity contribution < 1.29 is 4.79 Å². The van der Waals surface area contributed by atoms with E-state index < -0.39 is 0 Å². The van der Waals surface area contributed by atoms with Crippen molar-refractivity contribution in [3.8, 4) is 0 Å². The molecule has 1 fully saturated rings. The fraction of sp³-hybridized carbons (Fsp3) is 0.900. The van der Waals surface area contributed by atoms with Crippen LogP contribution >= 0.6 is 0 Å². The van der Waals surface area contributed by atoms with Gasteiger partial charge in [0.25, 0.3) is 0 Å². The Morgan fingerprint density at radius 2 is 2.08 bits per heavy atom. The molecule has 0 aromatic rings. The zero-order chi connectivity index (χ0) is 9.19. The minimum atomic E-state index is 0.255. The summed E-state index contributed by atoms with van der Waals surface area (Å²) in [5.74, 6) is 0.606. The van der Waals surface area contributed by atoms with Gasteiger partial charge in [0.15, 0.2) is 0 Å². The van der Waals surface area contributed by atoms with Gasteiger partial charge >= 0.3 is 0 Å². The van der Waals surface area contributed by atoms with Crippen LogP contribution in [-0.4, -0.2) is 12.5 Å². The molecule has 1 aliphatic carbocycles. The highest BCUT2D eigenvalue weighted by atomic mass is 16.2. The minimum absolute atomic E-state index is 0.255. The maximum atomic E-state index is 11.3. The van der Waals surface area contributed by atoms with Crippen molar-refractivity contribution in [1.29, 1.82) is 0 Å². The van der Waals surface area contributed by atoms with Gasteiger partial charge < -0.3 is 5.32 Å². The predicted octanol–water partition coefficient (Wildman–Crippen LogP) is 1.95. The quantitative estimate of drug-likeness (QED) is 0.684. The van der Waals surface area contributed by atoms with Crippen molar-refractivity contribution in [3.05, 3.63) is 0 Å². The summed E-state index contributed by atoms with van der Waals surface area (Å²) in [7, 11) is 0. The van der Waals surface area contributed by atoms with Gasteiger partial charge in [-0.1, -0.05) is 20.8 Å². The summed E-state index contributed by atoms with van der Waals surface area (Å²) in [6.45, 7) is 7.34. The molecule has 0 unspecified atom stereocenters. The van der Waals surface area contributed by atoms with E-state index >= 15 is 0 Å². The molecule has 1 saturated carbocycles. The maximum Gasteiger partial charge on any atom is 0.223 e. The summed E-state index contributed by atoms with van der Waals surface area (Å²) in [5, 5.41) is 3.00. The van der Waals surface area contributed by atoms with E-state index in [1.165, 1.54) is 0 Å². The van der Waals surface area contributed by atoms with Crippen molar-refractivity contribution >= 4 is 5.91 Å². The first-order valence-corrected chi connectivity index (χ1v) is 4.83. The molecule has 1 rings (SSSR count). The van der Waals surface area contributed by atoms with Crippen LogP contribution in [0.3, 0.4) is 0 Å². The highest BCUT2D eigenvalue weighted by Crippen LogP contribution is 2.29. The number of rotatable bonds is 4. The van der Waals surface area contributed by atoms with Crippen LogP contribution in [0, 0.1) is 11.3 Å². The van der Waals surface area contributed by atoms with Gasteiger partial charge in [-0.05, 0) is 24.7 Å². The van der Waals surface area contributed by atoms with E-state index in [1.807, 2.05) is 0 Å². The second kappa shape index (κ2) is 3.46. The molecule has 2 heteroatoms. The second-order valence-electron chi connectivity index (χ2n) is 4.51. The summed E-state index contributed by atoms with van der Waals surface area (Å²) in [6.07, 6.45) is 3.30. The third kappa shape index (κ3) is 2.84. The highest BCUT2D eigenvalue weighted by molar-refractivity contribution is 5.80. The van der Waals surface area contributed by atoms with Crippen molar-refractivity contribution in [2.45, 2.75) is 40.0 Å². The molecule has 0 aromatic heterocycles. The van der Waals surface area contributed by atoms with Gasteiger partial charge in [-0.15, -0.1) is 0 Å². The summed E-state index contributed by atoms with van der Waals surface area (Å²) < 4.78 is 0. The Labute approximate surface area is 74.7 Å². The normalized spacial score (nSPS) is 17.6. The van der Waals surface area contributed by atoms with Crippen LogP contribution in [0.15, 0.2) is 0 Å². The number of nitrogens with one attached hydrogen (secondary N) is 1. The molecule has 70 valence electrons. The fourth-order valence-electron chi connectivity index (χ4n) is 0.941. The first-order chi connectivity index (χ1) is 5.55. The third-order valence-corrected chi connectivity index (χ3v) is 2.65. The smallest absolute Gasteiger partial charge is 0.223 e. The van der Waals surface area contributed by atoms with Crippen LogP contribution in [0.5, 0.6) is 0 Å². The van der Waals surface area contributed by atoms with E-state index in [1.54, 1.807) is 0 Å². The zero-order valence-electron chi connectivity index (χ0n) is 8.31. The average molecular weight is 169 g/mol. The number of amides is 1. The number of hydrogen-bond acceptors (Lipinski definition) is 1. The Morgan fingerprint density at radius 1 is 1.50 bits per heavy atom. The molecule has 1 amide bonds. The Kier molecular flexibility index (Phi) is 2.76. The van der Waals surface area contributed by atoms with Crippen LogP contribution in [0.1, 0.15) is 40.0 Å². The fourth-order valence-corrected chi connectivity index (χ4v) is 0.941. The first-order valence-electron chi connectivity index (χ1n) is 4.83. The van der Waals surface area contributed by atoms with Gasteiger partial charge in [0.1, 0.15) is 0 Å². The summed E-state index contributed by atoms with van der Waals surface area (Å²) >= 11 is 0. The topological polar surface area (TPSA) is 29.1 Å². The molecule has 0 aromatic carbocycles. The molecule has 0 spiro atoms. The van der Waals surface area contributed by atoms with Gasteiger partial charge in [-0.3, -0.25) is 4.79 Å². The predicted molar refractivity (Wildman–Crippen MR) is 49.8 cm³/mol. The van der Waals surface area contributed by atoms with Crippen LogP contribution in [-0.2, 0) is 4.79 Å². The molecule has 12 heavy (non-hydrogen) atoms. The average Bonchev–Trinajstić information content (AvgIpc) is 2.83. The van der Waals surface area contributed by atoms with E-state index in [-0.39, 0.29) is 11.3 Å². The number of hydrogen-bond donors (Lipinski definition) is 1. The van der Waals surface area contributed by atoms with Gasteiger partial charge in [-0.25, -0.2) is 0 Å². The first kappa shape index (κ1) is 9.56. The summed E-state index contributed by atoms with van der Waals surface area (Å²) in [6, 6.07) is 0. The van der Waals surface area contributed by atoms with Crippen molar-refractivity contribution in [2.75, 3.05) is 6.54 Å². The van der Waals surface area contributed by atoms with Gasteiger partial charge in [0.05, 0.1) is 0 Å². The SMILES string of the molecule is CCC(C)(C)CNC(=O)C1CC1. The van der Waals surface area contributed by atoms with Crippen LogP contribution in [0.2, 0.25) is 0 Å². The Bertz CT molecular complexity index is 171. The van der Waals surface area contributed by atoms with E-state index in [9.17, 15) is 4.79 Å². The summed E-state index contributed by atoms with van der Waals surface area (Å²) in [4.78, 5) is 11.3. The lowest BCUT2D eigenvalue weighted by molar-refractivity contribution is -0.122. The van der Waals surface area contributed by atoms with E-state index in [0.29, 0.717) is 5.92 Å². The summed E-state index contributed by atoms with van der Waals surface area (Å²) in [5.41, 5.74) is 0.255. The molecule has 0 saturated heterocycles. The molecular formula is C10H19NO. The highest BCUT2D eigenvalue weighted by Gasteiger charge is 2.30. The molecule has 0 aliphatic heterocycles. The van der Waals surface area contributed by atoms with Crippen LogP contribution in [0.4, 0.5) is 0 Å². The van der Waals surface area contributed by atoms with Gasteiger partial charge in [-0.2, -0.15) is 0 Å². The molecule has 0 bridgehead atoms. The lowest BCUT2D eigenvalue weighted by atomic mass is 9.90. The number of carbonyl (C=O) groups excluding carboxylic acids is 1. The Balaban J connectivity index is 2.19.